The van der Waals surface area contributed by atoms with Crippen LogP contribution in [0.4, 0.5) is 0 Å². The van der Waals surface area contributed by atoms with Crippen LogP contribution in [0.2, 0.25) is 0 Å². The normalized spacial score (nSPS) is 0. The van der Waals surface area contributed by atoms with E-state index in [-0.39, 0.29) is 122 Å². The van der Waals surface area contributed by atoms with E-state index in [1.54, 1.807) is 0 Å². The Morgan fingerprint density at radius 2 is 1.00 bits per heavy atom. The summed E-state index contributed by atoms with van der Waals surface area (Å²) in [5, 5.41) is 0. The van der Waals surface area contributed by atoms with Gasteiger partial charge < -0.3 is 0 Å². The van der Waals surface area contributed by atoms with Gasteiger partial charge in [0.15, 0.2) is 17.4 Å². The van der Waals surface area contributed by atoms with Crippen molar-refractivity contribution in [3.63, 3.8) is 0 Å². The minimum Gasteiger partial charge on any atom is 0 e. The Labute approximate surface area is 120 Å². The summed E-state index contributed by atoms with van der Waals surface area (Å²) >= 11 is 0. The third-order valence-corrected chi connectivity index (χ3v) is 0. The maximum atomic E-state index is 0. The van der Waals surface area contributed by atoms with Crippen molar-refractivity contribution >= 4 is 17.4 Å². The van der Waals surface area contributed by atoms with Crippen LogP contribution in [0, 0.1) is 0 Å². The summed E-state index contributed by atoms with van der Waals surface area (Å²) in [6.45, 7) is 0. The van der Waals surface area contributed by atoms with E-state index in [2.05, 4.69) is 0 Å². The van der Waals surface area contributed by atoms with Gasteiger partial charge in [-0.1, -0.05) is 0 Å². The summed E-state index contributed by atoms with van der Waals surface area (Å²) in [5.74, 6) is 0. The van der Waals surface area contributed by atoms with Crippen molar-refractivity contribution in [1.29, 1.82) is 0 Å². The van der Waals surface area contributed by atoms with E-state index in [0.29, 0.717) is 0 Å². The van der Waals surface area contributed by atoms with E-state index >= 15 is 0 Å². The minimum atomic E-state index is 0. The first-order valence-electron chi connectivity index (χ1n) is 0. The van der Waals surface area contributed by atoms with Gasteiger partial charge in [0.1, 0.15) is 0 Å². The second-order valence-electron chi connectivity index (χ2n) is 0. The predicted octanol–water partition coefficient (Wildman–Crippen LogP) is -1.20. The Morgan fingerprint density at radius 3 is 1.00 bits per heavy atom. The fraction of sp³-hybridized carbons (Fsp3) is 0. The fourth-order valence-corrected chi connectivity index (χ4v) is 0. The second-order valence-corrected chi connectivity index (χ2v) is 0. The van der Waals surface area contributed by atoms with Crippen LogP contribution in [-0.4, -0.2) is 17.4 Å². The SMILES string of the molecule is [AlH3].[Cr].[Mo].[Ti].[V].[Zr]. The summed E-state index contributed by atoms with van der Waals surface area (Å²) in [5.41, 5.74) is 0. The molecule has 0 fully saturated rings. The average molecular weight is 368 g/mol. The standard InChI is InChI=1S/Al.Cr.Mo.Ti.V.Zr.3H. The molecule has 6 heteroatoms. The Kier molecular flexibility index (Phi) is 310. The Morgan fingerprint density at radius 1 is 1.00 bits per heavy atom. The summed E-state index contributed by atoms with van der Waals surface area (Å²) in [6.07, 6.45) is 0. The van der Waals surface area contributed by atoms with Gasteiger partial charge in [0.2, 0.25) is 0 Å². The van der Waals surface area contributed by atoms with Crippen LogP contribution in [-0.2, 0) is 105 Å². The number of rotatable bonds is 0. The van der Waals surface area contributed by atoms with Crippen molar-refractivity contribution in [2.24, 2.45) is 0 Å². The minimum absolute atomic E-state index is 0. The van der Waals surface area contributed by atoms with Gasteiger partial charge in [0.25, 0.3) is 0 Å². The molecule has 6 heavy (non-hydrogen) atoms. The van der Waals surface area contributed by atoms with Gasteiger partial charge in [-0.25, -0.2) is 0 Å². The molecule has 0 aromatic rings. The van der Waals surface area contributed by atoms with E-state index < -0.39 is 0 Å². The molecule has 0 heterocycles. The van der Waals surface area contributed by atoms with E-state index in [4.69, 9.17) is 0 Å². The van der Waals surface area contributed by atoms with Crippen LogP contribution in [0.5, 0.6) is 0 Å². The molecule has 0 amide bonds. The van der Waals surface area contributed by atoms with E-state index in [9.17, 15) is 0 Å². The van der Waals surface area contributed by atoms with E-state index in [1.807, 2.05) is 0 Å². The van der Waals surface area contributed by atoms with Crippen LogP contribution in [0.1, 0.15) is 0 Å². The van der Waals surface area contributed by atoms with Crippen LogP contribution >= 0.6 is 0 Å². The topological polar surface area (TPSA) is 0 Å². The monoisotopic (exact) mass is 369 g/mol. The zero-order valence-electron chi connectivity index (χ0n) is 2.26. The molecule has 0 aliphatic carbocycles. The molecule has 0 nitrogen and oxygen atoms in total. The molecule has 0 spiro atoms. The first-order valence-corrected chi connectivity index (χ1v) is 0. The summed E-state index contributed by atoms with van der Waals surface area (Å²) in [7, 11) is 0. The first-order chi connectivity index (χ1) is 0. The van der Waals surface area contributed by atoms with Gasteiger partial charge in [0, 0.05) is 105 Å². The van der Waals surface area contributed by atoms with Crippen molar-refractivity contribution in [1.82, 2.24) is 0 Å². The molecule has 0 saturated heterocycles. The van der Waals surface area contributed by atoms with Crippen molar-refractivity contribution in [3.05, 3.63) is 0 Å². The molecule has 0 aliphatic rings. The fourth-order valence-electron chi connectivity index (χ4n) is 0. The smallest absolute Gasteiger partial charge is 0 e. The molecule has 0 aromatic carbocycles. The molecular weight excluding hydrogens is 365 g/mol. The number of hydrogen-bond donors (Lipinski definition) is 0. The van der Waals surface area contributed by atoms with Gasteiger partial charge >= 0.3 is 0 Å². The molecule has 0 atom stereocenters. The Hall–Kier alpha value is 3.94. The summed E-state index contributed by atoms with van der Waals surface area (Å²) in [6, 6.07) is 0. The molecule has 0 bridgehead atoms. The molecule has 0 aliphatic heterocycles. The van der Waals surface area contributed by atoms with Crippen molar-refractivity contribution in [2.45, 2.75) is 0 Å². The van der Waals surface area contributed by atoms with Gasteiger partial charge in [-0.15, -0.1) is 0 Å². The predicted molar refractivity (Wildman–Crippen MR) is 9.94 cm³/mol. The summed E-state index contributed by atoms with van der Waals surface area (Å²) in [4.78, 5) is 0. The molecule has 1 radical (unpaired) electrons. The average Bonchev–Trinajstić information content (AvgIpc) is 0. The van der Waals surface area contributed by atoms with E-state index in [0.717, 1.165) is 0 Å². The Bertz CT molecular complexity index is 15.5. The van der Waals surface area contributed by atoms with Gasteiger partial charge in [0.05, 0.1) is 0 Å². The molecule has 31 valence electrons. The zero-order valence-corrected chi connectivity index (χ0v) is 11.0. The van der Waals surface area contributed by atoms with Crippen LogP contribution in [0.15, 0.2) is 0 Å². The molecule has 0 saturated carbocycles. The third-order valence-electron chi connectivity index (χ3n) is 0. The Balaban J connectivity index is 0. The first kappa shape index (κ1) is 51.2. The second kappa shape index (κ2) is 36.3. The maximum Gasteiger partial charge on any atom is 0.187 e. The molecule has 0 N–H and O–H groups in total. The van der Waals surface area contributed by atoms with Crippen LogP contribution in [0.25, 0.3) is 0 Å². The summed E-state index contributed by atoms with van der Waals surface area (Å²) < 4.78 is 0. The quantitative estimate of drug-likeness (QED) is 0.472. The van der Waals surface area contributed by atoms with Gasteiger partial charge in [-0.05, 0) is 0 Å². The number of hydrogen-bond acceptors (Lipinski definition) is 0. The molecule has 0 unspecified atom stereocenters. The maximum absolute atomic E-state index is 0. The molecule has 0 rings (SSSR count). The van der Waals surface area contributed by atoms with Crippen LogP contribution in [0.3, 0.4) is 0 Å². The van der Waals surface area contributed by atoms with Crippen molar-refractivity contribution < 1.29 is 105 Å². The van der Waals surface area contributed by atoms with Crippen molar-refractivity contribution in [2.75, 3.05) is 0 Å². The largest absolute Gasteiger partial charge is 0.187 e. The zero-order chi connectivity index (χ0) is 0. The van der Waals surface area contributed by atoms with E-state index in [1.165, 1.54) is 0 Å². The van der Waals surface area contributed by atoms with Crippen LogP contribution < -0.4 is 0 Å². The van der Waals surface area contributed by atoms with Crippen molar-refractivity contribution in [3.8, 4) is 0 Å². The van der Waals surface area contributed by atoms with Gasteiger partial charge in [-0.3, -0.25) is 0 Å². The van der Waals surface area contributed by atoms with Gasteiger partial charge in [-0.2, -0.15) is 0 Å². The molecular formula is H3AlCrMoTiVZr. The molecule has 0 aromatic heterocycles. The third kappa shape index (κ3) is 24.6.